The number of hydrogen-bond donors (Lipinski definition) is 1. The average molecular weight is 236 g/mol. The first-order valence-electron chi connectivity index (χ1n) is 7.00. The molecule has 2 unspecified atom stereocenters. The molecule has 2 nitrogen and oxygen atoms in total. The average Bonchev–Trinajstić information content (AvgIpc) is 2.12. The molecule has 0 radical (unpaired) electrons. The fourth-order valence-electron chi connectivity index (χ4n) is 5.68. The summed E-state index contributed by atoms with van der Waals surface area (Å²) >= 11 is 0. The summed E-state index contributed by atoms with van der Waals surface area (Å²) in [5.41, 5.74) is -0.0273. The summed E-state index contributed by atoms with van der Waals surface area (Å²) in [6.45, 7) is 6.33. The van der Waals surface area contributed by atoms with Gasteiger partial charge in [0.1, 0.15) is 0 Å². The van der Waals surface area contributed by atoms with E-state index in [9.17, 15) is 9.90 Å². The molecule has 17 heavy (non-hydrogen) atoms. The first-order chi connectivity index (χ1) is 7.76. The highest BCUT2D eigenvalue weighted by Gasteiger charge is 2.62. The van der Waals surface area contributed by atoms with Gasteiger partial charge in [-0.05, 0) is 75.0 Å². The van der Waals surface area contributed by atoms with Crippen LogP contribution in [0.25, 0.3) is 0 Å². The molecule has 0 aromatic rings. The van der Waals surface area contributed by atoms with Gasteiger partial charge in [-0.2, -0.15) is 0 Å². The van der Waals surface area contributed by atoms with Gasteiger partial charge in [-0.3, -0.25) is 4.79 Å². The van der Waals surface area contributed by atoms with Crippen molar-refractivity contribution in [1.82, 2.24) is 0 Å². The van der Waals surface area contributed by atoms with Crippen molar-refractivity contribution in [2.75, 3.05) is 0 Å². The molecule has 4 bridgehead atoms. The summed E-state index contributed by atoms with van der Waals surface area (Å²) in [7, 11) is 0. The van der Waals surface area contributed by atoms with E-state index >= 15 is 0 Å². The second-order valence-electron chi connectivity index (χ2n) is 7.98. The van der Waals surface area contributed by atoms with Gasteiger partial charge in [-0.15, -0.1) is 0 Å². The van der Waals surface area contributed by atoms with Gasteiger partial charge in [0.2, 0.25) is 0 Å². The highest BCUT2D eigenvalue weighted by atomic mass is 16.4. The van der Waals surface area contributed by atoms with E-state index in [2.05, 4.69) is 6.92 Å². The Morgan fingerprint density at radius 3 is 2.12 bits per heavy atom. The summed E-state index contributed by atoms with van der Waals surface area (Å²) in [4.78, 5) is 11.6. The van der Waals surface area contributed by atoms with Crippen molar-refractivity contribution in [2.45, 2.75) is 59.3 Å². The Bertz CT molecular complexity index is 355. The Labute approximate surface area is 104 Å². The van der Waals surface area contributed by atoms with Crippen molar-refractivity contribution in [3.8, 4) is 0 Å². The number of hydrogen-bond acceptors (Lipinski definition) is 1. The van der Waals surface area contributed by atoms with Crippen molar-refractivity contribution in [3.05, 3.63) is 0 Å². The smallest absolute Gasteiger partial charge is 0.309 e. The Kier molecular flexibility index (Phi) is 2.09. The fourth-order valence-corrected chi connectivity index (χ4v) is 5.68. The van der Waals surface area contributed by atoms with Crippen LogP contribution >= 0.6 is 0 Å². The zero-order valence-electron chi connectivity index (χ0n) is 11.3. The molecule has 0 amide bonds. The van der Waals surface area contributed by atoms with Crippen LogP contribution in [0.1, 0.15) is 59.3 Å². The largest absolute Gasteiger partial charge is 0.481 e. The van der Waals surface area contributed by atoms with Crippen LogP contribution in [0.5, 0.6) is 0 Å². The quantitative estimate of drug-likeness (QED) is 0.793. The molecule has 4 saturated carbocycles. The van der Waals surface area contributed by atoms with Crippen LogP contribution in [0.4, 0.5) is 0 Å². The standard InChI is InChI=1S/C15H24O2/c1-13(2,12(16)17)15-7-10-4-11(8-15)6-14(3,5-10)9-15/h10-11H,4-9H2,1-3H3,(H,16,17). The molecule has 96 valence electrons. The maximum Gasteiger partial charge on any atom is 0.309 e. The summed E-state index contributed by atoms with van der Waals surface area (Å²) in [6.07, 6.45) is 7.54. The van der Waals surface area contributed by atoms with E-state index in [-0.39, 0.29) is 5.41 Å². The minimum absolute atomic E-state index is 0.0810. The molecule has 0 aliphatic heterocycles. The molecule has 0 saturated heterocycles. The maximum atomic E-state index is 11.6. The zero-order chi connectivity index (χ0) is 12.5. The molecule has 4 fully saturated rings. The minimum Gasteiger partial charge on any atom is -0.481 e. The zero-order valence-corrected chi connectivity index (χ0v) is 11.3. The van der Waals surface area contributed by atoms with Crippen LogP contribution < -0.4 is 0 Å². The van der Waals surface area contributed by atoms with Crippen LogP contribution in [0, 0.1) is 28.1 Å². The second kappa shape index (κ2) is 3.07. The Morgan fingerprint density at radius 2 is 1.71 bits per heavy atom. The first-order valence-corrected chi connectivity index (χ1v) is 7.00. The van der Waals surface area contributed by atoms with Crippen LogP contribution in [-0.4, -0.2) is 11.1 Å². The van der Waals surface area contributed by atoms with Crippen molar-refractivity contribution in [2.24, 2.45) is 28.1 Å². The highest BCUT2D eigenvalue weighted by Crippen LogP contribution is 2.69. The topological polar surface area (TPSA) is 37.3 Å². The van der Waals surface area contributed by atoms with Gasteiger partial charge in [-0.25, -0.2) is 0 Å². The Hall–Kier alpha value is -0.530. The maximum absolute atomic E-state index is 11.6. The van der Waals surface area contributed by atoms with E-state index in [0.717, 1.165) is 18.3 Å². The number of carboxylic acids is 1. The van der Waals surface area contributed by atoms with E-state index in [1.54, 1.807) is 0 Å². The van der Waals surface area contributed by atoms with Crippen LogP contribution in [0.15, 0.2) is 0 Å². The lowest BCUT2D eigenvalue weighted by Crippen LogP contribution is -2.58. The number of rotatable bonds is 2. The van der Waals surface area contributed by atoms with Crippen molar-refractivity contribution >= 4 is 5.97 Å². The molecule has 2 atom stereocenters. The molecule has 0 spiro atoms. The predicted molar refractivity (Wildman–Crippen MR) is 66.6 cm³/mol. The third kappa shape index (κ3) is 1.42. The van der Waals surface area contributed by atoms with Crippen LogP contribution in [0.2, 0.25) is 0 Å². The molecule has 4 aliphatic rings. The third-order valence-electron chi connectivity index (χ3n) is 6.21. The molecule has 4 rings (SSSR count). The number of aliphatic carboxylic acids is 1. The van der Waals surface area contributed by atoms with Gasteiger partial charge < -0.3 is 5.11 Å². The first kappa shape index (κ1) is 11.6. The van der Waals surface area contributed by atoms with Crippen molar-refractivity contribution in [3.63, 3.8) is 0 Å². The third-order valence-corrected chi connectivity index (χ3v) is 6.21. The summed E-state index contributed by atoms with van der Waals surface area (Å²) in [5, 5.41) is 9.59. The molecule has 4 aliphatic carbocycles. The molecule has 0 aromatic carbocycles. The Balaban J connectivity index is 2.01. The van der Waals surface area contributed by atoms with Crippen LogP contribution in [-0.2, 0) is 4.79 Å². The monoisotopic (exact) mass is 236 g/mol. The van der Waals surface area contributed by atoms with E-state index in [1.165, 1.54) is 32.1 Å². The molecular weight excluding hydrogens is 212 g/mol. The minimum atomic E-state index is -0.594. The number of carboxylic acid groups (broad SMARTS) is 1. The van der Waals surface area contributed by atoms with Gasteiger partial charge >= 0.3 is 5.97 Å². The second-order valence-corrected chi connectivity index (χ2v) is 7.98. The normalized spacial score (nSPS) is 48.4. The molecule has 1 N–H and O–H groups in total. The van der Waals surface area contributed by atoms with Gasteiger partial charge in [0, 0.05) is 0 Å². The van der Waals surface area contributed by atoms with E-state index in [0.29, 0.717) is 5.41 Å². The lowest BCUT2D eigenvalue weighted by molar-refractivity contribution is -0.184. The van der Waals surface area contributed by atoms with Gasteiger partial charge in [0.25, 0.3) is 0 Å². The lowest BCUT2D eigenvalue weighted by atomic mass is 9.39. The van der Waals surface area contributed by atoms with Gasteiger partial charge in [0.15, 0.2) is 0 Å². The summed E-state index contributed by atoms with van der Waals surface area (Å²) in [6, 6.07) is 0. The number of carbonyl (C=O) groups is 1. The Morgan fingerprint density at radius 1 is 1.18 bits per heavy atom. The highest BCUT2D eigenvalue weighted by molar-refractivity contribution is 5.75. The summed E-state index contributed by atoms with van der Waals surface area (Å²) in [5.74, 6) is 1.02. The van der Waals surface area contributed by atoms with E-state index < -0.39 is 11.4 Å². The lowest BCUT2D eigenvalue weighted by Gasteiger charge is -2.65. The molecule has 2 heteroatoms. The van der Waals surface area contributed by atoms with Crippen molar-refractivity contribution in [1.29, 1.82) is 0 Å². The summed E-state index contributed by atoms with van der Waals surface area (Å²) < 4.78 is 0. The fraction of sp³-hybridized carbons (Fsp3) is 0.933. The predicted octanol–water partition coefficient (Wildman–Crippen LogP) is 3.70. The van der Waals surface area contributed by atoms with Crippen LogP contribution in [0.3, 0.4) is 0 Å². The van der Waals surface area contributed by atoms with E-state index in [1.807, 2.05) is 13.8 Å². The van der Waals surface area contributed by atoms with E-state index in [4.69, 9.17) is 0 Å². The molecular formula is C15H24O2. The SMILES string of the molecule is CC12CC3CC(C1)CC(C(C)(C)C(=O)O)(C3)C2. The van der Waals surface area contributed by atoms with Crippen molar-refractivity contribution < 1.29 is 9.90 Å². The molecule has 0 aromatic heterocycles. The van der Waals surface area contributed by atoms with Gasteiger partial charge in [0.05, 0.1) is 5.41 Å². The van der Waals surface area contributed by atoms with Gasteiger partial charge in [-0.1, -0.05) is 6.92 Å². The molecule has 0 heterocycles.